The summed E-state index contributed by atoms with van der Waals surface area (Å²) < 4.78 is 22.9. The van der Waals surface area contributed by atoms with Gasteiger partial charge in [-0.2, -0.15) is 0 Å². The molecule has 5 nitrogen and oxygen atoms in total. The number of anilines is 1. The van der Waals surface area contributed by atoms with Crippen LogP contribution in [0.2, 0.25) is 0 Å². The summed E-state index contributed by atoms with van der Waals surface area (Å²) in [7, 11) is -2.86. The number of rotatable bonds is 4. The molecule has 2 saturated heterocycles. The molecule has 1 amide bonds. The van der Waals surface area contributed by atoms with Gasteiger partial charge in [-0.25, -0.2) is 8.42 Å². The maximum Gasteiger partial charge on any atom is 0.232 e. The minimum absolute atomic E-state index is 0.0922. The van der Waals surface area contributed by atoms with Crippen LogP contribution in [0.4, 0.5) is 5.69 Å². The molecule has 0 unspecified atom stereocenters. The maximum absolute atomic E-state index is 12.3. The van der Waals surface area contributed by atoms with E-state index in [0.29, 0.717) is 12.2 Å². The molecule has 0 saturated carbocycles. The largest absolute Gasteiger partial charge is 0.368 e. The summed E-state index contributed by atoms with van der Waals surface area (Å²) in [6.45, 7) is 3.16. The van der Waals surface area contributed by atoms with Gasteiger partial charge in [0, 0.05) is 37.1 Å². The van der Waals surface area contributed by atoms with Crippen LogP contribution in [0.3, 0.4) is 0 Å². The lowest BCUT2D eigenvalue weighted by Gasteiger charge is -2.36. The summed E-state index contributed by atoms with van der Waals surface area (Å²) in [4.78, 5) is 16.5. The number of carbonyl (C=O) groups excluding carboxylic acids is 1. The fourth-order valence-corrected chi connectivity index (χ4v) is 6.57. The number of sulfone groups is 1. The second kappa shape index (κ2) is 7.13. The van der Waals surface area contributed by atoms with Crippen LogP contribution < -0.4 is 4.90 Å². The van der Waals surface area contributed by atoms with Gasteiger partial charge in [-0.15, -0.1) is 11.8 Å². The van der Waals surface area contributed by atoms with Crippen molar-refractivity contribution in [3.63, 3.8) is 0 Å². The first-order chi connectivity index (χ1) is 11.0. The van der Waals surface area contributed by atoms with Gasteiger partial charge in [-0.1, -0.05) is 18.2 Å². The van der Waals surface area contributed by atoms with E-state index in [1.165, 1.54) is 17.4 Å². The Morgan fingerprint density at radius 3 is 2.43 bits per heavy atom. The Bertz CT molecular complexity index is 641. The first-order valence-corrected chi connectivity index (χ1v) is 10.8. The van der Waals surface area contributed by atoms with Crippen LogP contribution in [0.15, 0.2) is 30.3 Å². The van der Waals surface area contributed by atoms with E-state index < -0.39 is 9.84 Å². The molecule has 0 bridgehead atoms. The average molecular weight is 354 g/mol. The predicted molar refractivity (Wildman–Crippen MR) is 94.8 cm³/mol. The standard InChI is InChI=1S/C16H22N2O3S2/c19-16(12-22-15-6-11-23(20,21)13-15)18-9-7-17(8-10-18)14-4-2-1-3-5-14/h1-5,15H,6-13H2/t15-/m1/s1. The summed E-state index contributed by atoms with van der Waals surface area (Å²) in [6.07, 6.45) is 0.683. The Kier molecular flexibility index (Phi) is 5.16. The number of thioether (sulfide) groups is 1. The number of para-hydroxylation sites is 1. The fraction of sp³-hybridized carbons (Fsp3) is 0.562. The molecule has 0 N–H and O–H groups in total. The van der Waals surface area contributed by atoms with Gasteiger partial charge in [-0.05, 0) is 18.6 Å². The van der Waals surface area contributed by atoms with Gasteiger partial charge in [0.25, 0.3) is 0 Å². The predicted octanol–water partition coefficient (Wildman–Crippen LogP) is 1.26. The molecule has 2 aliphatic heterocycles. The monoisotopic (exact) mass is 354 g/mol. The van der Waals surface area contributed by atoms with Crippen molar-refractivity contribution in [2.75, 3.05) is 48.3 Å². The molecule has 1 atom stereocenters. The van der Waals surface area contributed by atoms with Crippen LogP contribution in [0, 0.1) is 0 Å². The van der Waals surface area contributed by atoms with E-state index in [2.05, 4.69) is 17.0 Å². The zero-order valence-corrected chi connectivity index (χ0v) is 14.7. The molecule has 23 heavy (non-hydrogen) atoms. The highest BCUT2D eigenvalue weighted by Crippen LogP contribution is 2.25. The average Bonchev–Trinajstić information content (AvgIpc) is 2.93. The third-order valence-electron chi connectivity index (χ3n) is 4.39. The molecule has 3 rings (SSSR count). The van der Waals surface area contributed by atoms with Gasteiger partial charge in [-0.3, -0.25) is 4.79 Å². The van der Waals surface area contributed by atoms with Crippen molar-refractivity contribution >= 4 is 33.2 Å². The molecule has 0 aromatic heterocycles. The van der Waals surface area contributed by atoms with Crippen LogP contribution in [-0.2, 0) is 14.6 Å². The second-order valence-electron chi connectivity index (χ2n) is 6.04. The fourth-order valence-electron chi connectivity index (χ4n) is 3.03. The SMILES string of the molecule is O=C(CS[C@@H]1CCS(=O)(=O)C1)N1CCN(c2ccccc2)CC1. The van der Waals surface area contributed by atoms with E-state index >= 15 is 0 Å². The number of nitrogens with zero attached hydrogens (tertiary/aromatic N) is 2. The highest BCUT2D eigenvalue weighted by molar-refractivity contribution is 8.02. The minimum Gasteiger partial charge on any atom is -0.368 e. The summed E-state index contributed by atoms with van der Waals surface area (Å²) >= 11 is 1.50. The zero-order valence-electron chi connectivity index (χ0n) is 13.1. The number of carbonyl (C=O) groups is 1. The summed E-state index contributed by atoms with van der Waals surface area (Å²) in [5.74, 6) is 1.03. The smallest absolute Gasteiger partial charge is 0.232 e. The Labute approximate surface area is 141 Å². The molecule has 0 radical (unpaired) electrons. The Hall–Kier alpha value is -1.21. The van der Waals surface area contributed by atoms with Gasteiger partial charge in [0.1, 0.15) is 0 Å². The summed E-state index contributed by atoms with van der Waals surface area (Å²) in [5, 5.41) is 0.0922. The number of benzene rings is 1. The lowest BCUT2D eigenvalue weighted by atomic mass is 10.2. The lowest BCUT2D eigenvalue weighted by Crippen LogP contribution is -2.49. The molecule has 1 aromatic rings. The zero-order chi connectivity index (χ0) is 16.3. The van der Waals surface area contributed by atoms with Crippen molar-refractivity contribution in [3.05, 3.63) is 30.3 Å². The quantitative estimate of drug-likeness (QED) is 0.815. The molecule has 2 aliphatic rings. The Morgan fingerprint density at radius 2 is 1.83 bits per heavy atom. The molecule has 126 valence electrons. The normalized spacial score (nSPS) is 23.9. The lowest BCUT2D eigenvalue weighted by molar-refractivity contribution is -0.128. The maximum atomic E-state index is 12.3. The van der Waals surface area contributed by atoms with Crippen LogP contribution in [0.1, 0.15) is 6.42 Å². The molecule has 2 heterocycles. The van der Waals surface area contributed by atoms with E-state index in [1.807, 2.05) is 23.1 Å². The Morgan fingerprint density at radius 1 is 1.13 bits per heavy atom. The number of hydrogen-bond acceptors (Lipinski definition) is 5. The minimum atomic E-state index is -2.86. The molecular formula is C16H22N2O3S2. The second-order valence-corrected chi connectivity index (χ2v) is 9.56. The highest BCUT2D eigenvalue weighted by atomic mass is 32.2. The van der Waals surface area contributed by atoms with Crippen LogP contribution in [0.5, 0.6) is 0 Å². The Balaban J connectivity index is 1.43. The highest BCUT2D eigenvalue weighted by Gasteiger charge is 2.29. The van der Waals surface area contributed by atoms with Gasteiger partial charge in [0.05, 0.1) is 17.3 Å². The van der Waals surface area contributed by atoms with Crippen molar-refractivity contribution in [3.8, 4) is 0 Å². The van der Waals surface area contributed by atoms with Crippen LogP contribution in [0.25, 0.3) is 0 Å². The van der Waals surface area contributed by atoms with Crippen molar-refractivity contribution in [2.45, 2.75) is 11.7 Å². The first-order valence-electron chi connectivity index (χ1n) is 7.93. The van der Waals surface area contributed by atoms with Crippen LogP contribution >= 0.6 is 11.8 Å². The summed E-state index contributed by atoms with van der Waals surface area (Å²) in [5.41, 5.74) is 1.20. The molecule has 1 aromatic carbocycles. The number of hydrogen-bond donors (Lipinski definition) is 0. The van der Waals surface area contributed by atoms with E-state index in [4.69, 9.17) is 0 Å². The van der Waals surface area contributed by atoms with Crippen molar-refractivity contribution in [1.29, 1.82) is 0 Å². The third kappa shape index (κ3) is 4.41. The van der Waals surface area contributed by atoms with Crippen molar-refractivity contribution < 1.29 is 13.2 Å². The van der Waals surface area contributed by atoms with Gasteiger partial charge >= 0.3 is 0 Å². The van der Waals surface area contributed by atoms with Gasteiger partial charge < -0.3 is 9.80 Å². The summed E-state index contributed by atoms with van der Waals surface area (Å²) in [6, 6.07) is 10.2. The first kappa shape index (κ1) is 16.6. The van der Waals surface area contributed by atoms with Crippen LogP contribution in [-0.4, -0.2) is 67.9 Å². The van der Waals surface area contributed by atoms with E-state index in [1.54, 1.807) is 0 Å². The number of piperazine rings is 1. The van der Waals surface area contributed by atoms with Crippen molar-refractivity contribution in [1.82, 2.24) is 4.90 Å². The number of amides is 1. The van der Waals surface area contributed by atoms with E-state index in [-0.39, 0.29) is 22.7 Å². The third-order valence-corrected chi connectivity index (χ3v) is 7.65. The van der Waals surface area contributed by atoms with E-state index in [9.17, 15) is 13.2 Å². The molecule has 2 fully saturated rings. The molecular weight excluding hydrogens is 332 g/mol. The molecule has 0 spiro atoms. The topological polar surface area (TPSA) is 57.7 Å². The molecule has 7 heteroatoms. The van der Waals surface area contributed by atoms with Crippen molar-refractivity contribution in [2.24, 2.45) is 0 Å². The molecule has 0 aliphatic carbocycles. The van der Waals surface area contributed by atoms with Gasteiger partial charge in [0.2, 0.25) is 5.91 Å². The van der Waals surface area contributed by atoms with E-state index in [0.717, 1.165) is 26.2 Å². The van der Waals surface area contributed by atoms with Gasteiger partial charge in [0.15, 0.2) is 9.84 Å².